The van der Waals surface area contributed by atoms with E-state index in [0.717, 1.165) is 49.6 Å². The quantitative estimate of drug-likeness (QED) is 0.207. The van der Waals surface area contributed by atoms with Crippen LogP contribution in [-0.4, -0.2) is 16.4 Å². The van der Waals surface area contributed by atoms with Crippen molar-refractivity contribution >= 4 is 39.3 Å². The Balaban J connectivity index is 1.49. The summed E-state index contributed by atoms with van der Waals surface area (Å²) >= 11 is 0. The Hall–Kier alpha value is -5.98. The lowest BCUT2D eigenvalue weighted by Gasteiger charge is -2.20. The number of carbonyl (C=O) groups is 2. The van der Waals surface area contributed by atoms with E-state index in [1.165, 1.54) is 4.90 Å². The molecule has 1 aromatic heterocycles. The summed E-state index contributed by atoms with van der Waals surface area (Å²) in [6.07, 6.45) is 0. The lowest BCUT2D eigenvalue weighted by Crippen LogP contribution is -2.31. The molecule has 0 unspecified atom stereocenters. The first-order chi connectivity index (χ1) is 20.8. The number of para-hydroxylation sites is 1. The van der Waals surface area contributed by atoms with Crippen LogP contribution in [0.5, 0.6) is 0 Å². The predicted molar refractivity (Wildman–Crippen MR) is 167 cm³/mol. The third-order valence-electron chi connectivity index (χ3n) is 8.19. The molecule has 0 aliphatic carbocycles. The van der Waals surface area contributed by atoms with Crippen LogP contribution in [0, 0.1) is 43.4 Å². The molecule has 0 bridgehead atoms. The molecule has 1 aliphatic heterocycles. The number of carbonyl (C=O) groups excluding carboxylic acids is 2. The molecule has 0 radical (unpaired) electrons. The van der Waals surface area contributed by atoms with Gasteiger partial charge in [0.1, 0.15) is 0 Å². The van der Waals surface area contributed by atoms with Crippen LogP contribution in [0.3, 0.4) is 0 Å². The Morgan fingerprint density at radius 3 is 2.00 bits per heavy atom. The van der Waals surface area contributed by atoms with Crippen molar-refractivity contribution in [2.45, 2.75) is 20.8 Å². The Morgan fingerprint density at radius 2 is 1.30 bits per heavy atom. The average molecular weight is 557 g/mol. The number of benzene rings is 5. The van der Waals surface area contributed by atoms with Gasteiger partial charge >= 0.3 is 0 Å². The molecule has 1 aliphatic rings. The average Bonchev–Trinajstić information content (AvgIpc) is 3.47. The lowest BCUT2D eigenvalue weighted by molar-refractivity contribution is 0.0925. The number of rotatable bonds is 3. The zero-order valence-electron chi connectivity index (χ0n) is 23.8. The zero-order chi connectivity index (χ0) is 30.0. The molecule has 7 rings (SSSR count). The van der Waals surface area contributed by atoms with Gasteiger partial charge in [0.05, 0.1) is 56.8 Å². The number of hydrogen-bond acceptors (Lipinski definition) is 4. The van der Waals surface area contributed by atoms with Crippen LogP contribution in [0.25, 0.3) is 38.6 Å². The highest BCUT2D eigenvalue weighted by molar-refractivity contribution is 6.36. The fraction of sp³-hybridized carbons (Fsp3) is 0.0811. The summed E-state index contributed by atoms with van der Waals surface area (Å²) < 4.78 is 2.04. The van der Waals surface area contributed by atoms with Crippen molar-refractivity contribution in [2.24, 2.45) is 0 Å². The number of anilines is 1. The van der Waals surface area contributed by atoms with Crippen LogP contribution in [0.15, 0.2) is 91.0 Å². The van der Waals surface area contributed by atoms with Crippen LogP contribution in [0.1, 0.15) is 48.5 Å². The van der Waals surface area contributed by atoms with Crippen molar-refractivity contribution in [1.82, 2.24) is 4.57 Å². The molecular formula is C37H24N4O2. The van der Waals surface area contributed by atoms with Crippen LogP contribution in [-0.2, 0) is 0 Å². The maximum Gasteiger partial charge on any atom is 0.268 e. The Kier molecular flexibility index (Phi) is 5.76. The highest BCUT2D eigenvalue weighted by atomic mass is 16.2. The summed E-state index contributed by atoms with van der Waals surface area (Å²) in [6.45, 7) is 5.85. The van der Waals surface area contributed by atoms with Gasteiger partial charge in [-0.25, -0.2) is 4.90 Å². The molecule has 0 saturated carbocycles. The Bertz CT molecular complexity index is 2240. The van der Waals surface area contributed by atoms with Gasteiger partial charge in [-0.05, 0) is 85.5 Å². The third-order valence-corrected chi connectivity index (χ3v) is 8.19. The van der Waals surface area contributed by atoms with Crippen molar-refractivity contribution in [3.63, 3.8) is 0 Å². The van der Waals surface area contributed by atoms with Crippen LogP contribution < -0.4 is 4.90 Å². The molecule has 0 atom stereocenters. The normalized spacial score (nSPS) is 12.5. The van der Waals surface area contributed by atoms with Crippen molar-refractivity contribution in [2.75, 3.05) is 4.90 Å². The van der Waals surface area contributed by atoms with E-state index < -0.39 is 0 Å². The lowest BCUT2D eigenvalue weighted by atomic mass is 9.99. The molecule has 0 spiro atoms. The Labute approximate surface area is 248 Å². The van der Waals surface area contributed by atoms with Gasteiger partial charge in [-0.3, -0.25) is 9.59 Å². The molecule has 0 N–H and O–H groups in total. The SMILES string of the molecule is Cc1cc(C)c(N2C(=O)c3cccc(-n4c5ccccc5c5ccc(-c6cc(C#N)cc(C#N)c6)cc54)c3C2=O)c(C)c1. The molecule has 0 fully saturated rings. The second kappa shape index (κ2) is 9.55. The summed E-state index contributed by atoms with van der Waals surface area (Å²) in [4.78, 5) is 29.4. The molecule has 6 nitrogen and oxygen atoms in total. The summed E-state index contributed by atoms with van der Waals surface area (Å²) in [5.74, 6) is -0.691. The van der Waals surface area contributed by atoms with Gasteiger partial charge in [-0.15, -0.1) is 0 Å². The zero-order valence-corrected chi connectivity index (χ0v) is 23.8. The van der Waals surface area contributed by atoms with Crippen LogP contribution in [0.2, 0.25) is 0 Å². The summed E-state index contributed by atoms with van der Waals surface area (Å²) in [5, 5.41) is 21.1. The summed E-state index contributed by atoms with van der Waals surface area (Å²) in [5.41, 5.74) is 8.89. The minimum Gasteiger partial charge on any atom is -0.308 e. The summed E-state index contributed by atoms with van der Waals surface area (Å²) in [6, 6.07) is 32.8. The number of nitrogens with zero attached hydrogens (tertiary/aromatic N) is 4. The van der Waals surface area contributed by atoms with Crippen molar-refractivity contribution in [3.05, 3.63) is 130 Å². The van der Waals surface area contributed by atoms with E-state index in [1.54, 1.807) is 24.3 Å². The van der Waals surface area contributed by atoms with E-state index >= 15 is 0 Å². The van der Waals surface area contributed by atoms with Gasteiger partial charge in [0.2, 0.25) is 0 Å². The van der Waals surface area contributed by atoms with Gasteiger partial charge < -0.3 is 4.57 Å². The van der Waals surface area contributed by atoms with E-state index in [1.807, 2.05) is 92.1 Å². The van der Waals surface area contributed by atoms with E-state index in [2.05, 4.69) is 12.1 Å². The number of fused-ring (bicyclic) bond motifs is 4. The van der Waals surface area contributed by atoms with Crippen molar-refractivity contribution in [3.8, 4) is 29.0 Å². The first-order valence-electron chi connectivity index (χ1n) is 13.9. The molecule has 6 aromatic rings. The highest BCUT2D eigenvalue weighted by Gasteiger charge is 2.40. The number of imide groups is 1. The topological polar surface area (TPSA) is 89.9 Å². The van der Waals surface area contributed by atoms with E-state index in [9.17, 15) is 20.1 Å². The minimum atomic E-state index is -0.354. The maximum atomic E-state index is 14.2. The second-order valence-corrected chi connectivity index (χ2v) is 11.0. The van der Waals surface area contributed by atoms with Gasteiger partial charge in [-0.1, -0.05) is 54.1 Å². The number of aryl methyl sites for hydroxylation is 3. The molecular weight excluding hydrogens is 532 g/mol. The van der Waals surface area contributed by atoms with E-state index in [-0.39, 0.29) is 11.8 Å². The number of nitriles is 2. The van der Waals surface area contributed by atoms with Gasteiger partial charge in [0, 0.05) is 10.8 Å². The standard InChI is InChI=1S/C37H24N4O2/c1-21-13-22(2)35(23(3)14-21)41-36(42)30-8-6-10-32(34(30)37(41)43)40-31-9-5-4-7-28(31)29-12-11-26(18-33(29)40)27-16-24(19-38)15-25(17-27)20-39/h4-18H,1-3H3. The summed E-state index contributed by atoms with van der Waals surface area (Å²) in [7, 11) is 0. The Morgan fingerprint density at radius 1 is 0.628 bits per heavy atom. The molecule has 5 aromatic carbocycles. The fourth-order valence-electron chi connectivity index (χ4n) is 6.52. The van der Waals surface area contributed by atoms with Crippen molar-refractivity contribution < 1.29 is 9.59 Å². The van der Waals surface area contributed by atoms with Crippen LogP contribution in [0.4, 0.5) is 5.69 Å². The number of hydrogen-bond donors (Lipinski definition) is 0. The fourth-order valence-corrected chi connectivity index (χ4v) is 6.52. The molecule has 2 amide bonds. The molecule has 43 heavy (non-hydrogen) atoms. The van der Waals surface area contributed by atoms with Crippen LogP contribution >= 0.6 is 0 Å². The predicted octanol–water partition coefficient (Wildman–Crippen LogP) is 7.92. The smallest absolute Gasteiger partial charge is 0.268 e. The van der Waals surface area contributed by atoms with Gasteiger partial charge in [-0.2, -0.15) is 10.5 Å². The largest absolute Gasteiger partial charge is 0.308 e. The molecule has 204 valence electrons. The third kappa shape index (κ3) is 3.85. The number of aromatic nitrogens is 1. The maximum absolute atomic E-state index is 14.2. The molecule has 6 heteroatoms. The van der Waals surface area contributed by atoms with E-state index in [4.69, 9.17) is 0 Å². The van der Waals surface area contributed by atoms with Gasteiger partial charge in [0.25, 0.3) is 11.8 Å². The van der Waals surface area contributed by atoms with Crippen molar-refractivity contribution in [1.29, 1.82) is 10.5 Å². The first kappa shape index (κ1) is 26.0. The molecule has 2 heterocycles. The monoisotopic (exact) mass is 556 g/mol. The highest BCUT2D eigenvalue weighted by Crippen LogP contribution is 2.40. The molecule has 0 saturated heterocycles. The number of amides is 2. The minimum absolute atomic E-state index is 0.337. The first-order valence-corrected chi connectivity index (χ1v) is 13.9. The second-order valence-electron chi connectivity index (χ2n) is 11.0. The van der Waals surface area contributed by atoms with Gasteiger partial charge in [0.15, 0.2) is 0 Å². The van der Waals surface area contributed by atoms with E-state index in [0.29, 0.717) is 33.6 Å².